The van der Waals surface area contributed by atoms with Crippen LogP contribution in [0.4, 0.5) is 4.39 Å². The molecule has 2 N–H and O–H groups in total. The molecule has 0 amide bonds. The van der Waals surface area contributed by atoms with E-state index in [0.717, 1.165) is 0 Å². The number of benzene rings is 1. The first-order chi connectivity index (χ1) is 6.19. The van der Waals surface area contributed by atoms with Gasteiger partial charge in [0.15, 0.2) is 11.6 Å². The van der Waals surface area contributed by atoms with Crippen molar-refractivity contribution in [1.29, 1.82) is 0 Å². The van der Waals surface area contributed by atoms with Crippen LogP contribution in [0.15, 0.2) is 18.2 Å². The van der Waals surface area contributed by atoms with Gasteiger partial charge in [0, 0.05) is 0 Å². The van der Waals surface area contributed by atoms with E-state index in [1.54, 1.807) is 6.07 Å². The number of hydrogen-bond donors (Lipinski definition) is 1. The average Bonchev–Trinajstić information content (AvgIpc) is 2.17. The Morgan fingerprint density at radius 3 is 2.85 bits per heavy atom. The van der Waals surface area contributed by atoms with Crippen LogP contribution in [0.1, 0.15) is 11.6 Å². The van der Waals surface area contributed by atoms with Gasteiger partial charge in [0.2, 0.25) is 0 Å². The minimum absolute atomic E-state index is 0.156. The van der Waals surface area contributed by atoms with Crippen LogP contribution in [0.25, 0.3) is 0 Å². The summed E-state index contributed by atoms with van der Waals surface area (Å²) in [6.45, 7) is 0. The lowest BCUT2D eigenvalue weighted by Gasteiger charge is -2.07. The van der Waals surface area contributed by atoms with Crippen molar-refractivity contribution in [2.24, 2.45) is 5.73 Å². The Balaban J connectivity index is 3.08. The molecule has 0 heterocycles. The number of terminal acetylenes is 1. The first-order valence-corrected chi connectivity index (χ1v) is 3.74. The van der Waals surface area contributed by atoms with Gasteiger partial charge in [-0.3, -0.25) is 0 Å². The Morgan fingerprint density at radius 1 is 1.62 bits per heavy atom. The largest absolute Gasteiger partial charge is 0.494 e. The predicted octanol–water partition coefficient (Wildman–Crippen LogP) is 1.47. The summed E-state index contributed by atoms with van der Waals surface area (Å²) < 4.78 is 17.7. The fourth-order valence-corrected chi connectivity index (χ4v) is 0.966. The summed E-state index contributed by atoms with van der Waals surface area (Å²) in [5.74, 6) is 2.09. The van der Waals surface area contributed by atoms with Gasteiger partial charge in [-0.1, -0.05) is 12.0 Å². The highest BCUT2D eigenvalue weighted by Gasteiger charge is 2.07. The van der Waals surface area contributed by atoms with Gasteiger partial charge >= 0.3 is 0 Å². The van der Waals surface area contributed by atoms with Crippen molar-refractivity contribution in [1.82, 2.24) is 0 Å². The van der Waals surface area contributed by atoms with Crippen molar-refractivity contribution < 1.29 is 9.13 Å². The summed E-state index contributed by atoms with van der Waals surface area (Å²) in [6.07, 6.45) is 5.12. The van der Waals surface area contributed by atoms with Crippen LogP contribution >= 0.6 is 0 Å². The standard InChI is InChI=1S/C10H10FNO/c1-3-9(12)7-4-5-8(11)10(6-7)13-2/h1,4-6,9H,12H2,2H3. The second-order valence-corrected chi connectivity index (χ2v) is 2.54. The highest BCUT2D eigenvalue weighted by molar-refractivity contribution is 5.34. The number of ether oxygens (including phenoxy) is 1. The first kappa shape index (κ1) is 9.56. The average molecular weight is 179 g/mol. The molecule has 3 heteroatoms. The molecular formula is C10H10FNO. The third-order valence-corrected chi connectivity index (χ3v) is 1.71. The van der Waals surface area contributed by atoms with Gasteiger partial charge in [-0.15, -0.1) is 6.42 Å². The minimum atomic E-state index is -0.519. The molecule has 1 aromatic carbocycles. The normalized spacial score (nSPS) is 11.8. The third-order valence-electron chi connectivity index (χ3n) is 1.71. The van der Waals surface area contributed by atoms with Crippen LogP contribution < -0.4 is 10.5 Å². The highest BCUT2D eigenvalue weighted by Crippen LogP contribution is 2.20. The summed E-state index contributed by atoms with van der Waals surface area (Å²) in [5.41, 5.74) is 6.22. The molecule has 0 radical (unpaired) electrons. The second-order valence-electron chi connectivity index (χ2n) is 2.54. The summed E-state index contributed by atoms with van der Waals surface area (Å²) in [6, 6.07) is 3.81. The maximum Gasteiger partial charge on any atom is 0.165 e. The fourth-order valence-electron chi connectivity index (χ4n) is 0.966. The van der Waals surface area contributed by atoms with Crippen molar-refractivity contribution in [3.8, 4) is 18.1 Å². The molecule has 68 valence electrons. The van der Waals surface area contributed by atoms with Crippen molar-refractivity contribution in [2.75, 3.05) is 7.11 Å². The molecule has 0 aliphatic heterocycles. The van der Waals surface area contributed by atoms with Crippen molar-refractivity contribution in [2.45, 2.75) is 6.04 Å². The van der Waals surface area contributed by atoms with Gasteiger partial charge in [0.1, 0.15) is 0 Å². The Morgan fingerprint density at radius 2 is 2.31 bits per heavy atom. The second kappa shape index (κ2) is 3.92. The fraction of sp³-hybridized carbons (Fsp3) is 0.200. The molecule has 1 unspecified atom stereocenters. The smallest absolute Gasteiger partial charge is 0.165 e. The predicted molar refractivity (Wildman–Crippen MR) is 48.7 cm³/mol. The molecular weight excluding hydrogens is 169 g/mol. The maximum atomic E-state index is 12.9. The molecule has 0 fully saturated rings. The van der Waals surface area contributed by atoms with Crippen molar-refractivity contribution in [3.63, 3.8) is 0 Å². The lowest BCUT2D eigenvalue weighted by atomic mass is 10.1. The monoisotopic (exact) mass is 179 g/mol. The van der Waals surface area contributed by atoms with Gasteiger partial charge in [0.25, 0.3) is 0 Å². The molecule has 0 aliphatic carbocycles. The quantitative estimate of drug-likeness (QED) is 0.698. The van der Waals surface area contributed by atoms with E-state index < -0.39 is 11.9 Å². The summed E-state index contributed by atoms with van der Waals surface area (Å²) in [4.78, 5) is 0. The van der Waals surface area contributed by atoms with Crippen LogP contribution in [0, 0.1) is 18.2 Å². The minimum Gasteiger partial charge on any atom is -0.494 e. The molecule has 1 aromatic rings. The number of nitrogens with two attached hydrogens (primary N) is 1. The number of rotatable bonds is 2. The van der Waals surface area contributed by atoms with Crippen molar-refractivity contribution in [3.05, 3.63) is 29.6 Å². The van der Waals surface area contributed by atoms with E-state index >= 15 is 0 Å². The highest BCUT2D eigenvalue weighted by atomic mass is 19.1. The van der Waals surface area contributed by atoms with E-state index in [9.17, 15) is 4.39 Å². The van der Waals surface area contributed by atoms with Gasteiger partial charge in [-0.25, -0.2) is 4.39 Å². The molecule has 2 nitrogen and oxygen atoms in total. The molecule has 1 atom stereocenters. The molecule has 0 saturated carbocycles. The zero-order valence-electron chi connectivity index (χ0n) is 7.25. The molecule has 13 heavy (non-hydrogen) atoms. The molecule has 0 aliphatic rings. The zero-order chi connectivity index (χ0) is 9.84. The number of methoxy groups -OCH3 is 1. The van der Waals surface area contributed by atoms with Gasteiger partial charge < -0.3 is 10.5 Å². The Labute approximate surface area is 76.5 Å². The van der Waals surface area contributed by atoms with Crippen LogP contribution in [0.2, 0.25) is 0 Å². The molecule has 1 rings (SSSR count). The molecule has 0 aromatic heterocycles. The van der Waals surface area contributed by atoms with Gasteiger partial charge in [0.05, 0.1) is 13.2 Å². The Bertz CT molecular complexity index is 343. The SMILES string of the molecule is C#CC(N)c1ccc(F)c(OC)c1. The van der Waals surface area contributed by atoms with Crippen LogP contribution in [-0.4, -0.2) is 7.11 Å². The third kappa shape index (κ3) is 1.98. The maximum absolute atomic E-state index is 12.9. The molecule has 0 spiro atoms. The van der Waals surface area contributed by atoms with E-state index in [-0.39, 0.29) is 5.75 Å². The molecule has 0 saturated heterocycles. The molecule has 0 bridgehead atoms. The van der Waals surface area contributed by atoms with Crippen LogP contribution in [0.3, 0.4) is 0 Å². The number of halogens is 1. The Hall–Kier alpha value is -1.53. The van der Waals surface area contributed by atoms with E-state index in [1.165, 1.54) is 19.2 Å². The van der Waals surface area contributed by atoms with Gasteiger partial charge in [-0.05, 0) is 17.7 Å². The van der Waals surface area contributed by atoms with E-state index in [2.05, 4.69) is 5.92 Å². The van der Waals surface area contributed by atoms with E-state index in [0.29, 0.717) is 5.56 Å². The topological polar surface area (TPSA) is 35.2 Å². The number of hydrogen-bond acceptors (Lipinski definition) is 2. The van der Waals surface area contributed by atoms with E-state index in [1.807, 2.05) is 0 Å². The summed E-state index contributed by atoms with van der Waals surface area (Å²) >= 11 is 0. The van der Waals surface area contributed by atoms with E-state index in [4.69, 9.17) is 16.9 Å². The lowest BCUT2D eigenvalue weighted by Crippen LogP contribution is -2.07. The van der Waals surface area contributed by atoms with Crippen LogP contribution in [0.5, 0.6) is 5.75 Å². The zero-order valence-corrected chi connectivity index (χ0v) is 7.25. The lowest BCUT2D eigenvalue weighted by molar-refractivity contribution is 0.386. The summed E-state index contributed by atoms with van der Waals surface area (Å²) in [5, 5.41) is 0. The summed E-state index contributed by atoms with van der Waals surface area (Å²) in [7, 11) is 1.39. The van der Waals surface area contributed by atoms with Crippen molar-refractivity contribution >= 4 is 0 Å². The Kier molecular flexibility index (Phi) is 2.88. The first-order valence-electron chi connectivity index (χ1n) is 3.74. The van der Waals surface area contributed by atoms with Gasteiger partial charge in [-0.2, -0.15) is 0 Å². The van der Waals surface area contributed by atoms with Crippen LogP contribution in [-0.2, 0) is 0 Å².